The van der Waals surface area contributed by atoms with E-state index in [1.54, 1.807) is 29.9 Å². The number of aryl methyl sites for hydroxylation is 2. The quantitative estimate of drug-likeness (QED) is 0.880. The Kier molecular flexibility index (Phi) is 3.26. The summed E-state index contributed by atoms with van der Waals surface area (Å²) in [6, 6.07) is 0.0832. The Morgan fingerprint density at radius 2 is 2.12 bits per heavy atom. The SMILES string of the molecule is CNC(c1cnccn1)c1sc(C)nc1C. The molecule has 2 aromatic rings. The lowest BCUT2D eigenvalue weighted by atomic mass is 10.1. The fourth-order valence-corrected chi connectivity index (χ4v) is 2.74. The maximum atomic E-state index is 4.44. The van der Waals surface area contributed by atoms with Gasteiger partial charge in [0.25, 0.3) is 0 Å². The molecule has 0 bridgehead atoms. The van der Waals surface area contributed by atoms with E-state index in [1.807, 2.05) is 20.9 Å². The Labute approximate surface area is 98.8 Å². The summed E-state index contributed by atoms with van der Waals surface area (Å²) in [7, 11) is 1.92. The third kappa shape index (κ3) is 2.10. The fourth-order valence-electron chi connectivity index (χ4n) is 1.69. The van der Waals surface area contributed by atoms with Crippen LogP contribution >= 0.6 is 11.3 Å². The molecule has 0 aliphatic heterocycles. The van der Waals surface area contributed by atoms with Crippen molar-refractivity contribution in [3.63, 3.8) is 0 Å². The van der Waals surface area contributed by atoms with Crippen molar-refractivity contribution in [2.45, 2.75) is 19.9 Å². The second-order valence-corrected chi connectivity index (χ2v) is 4.77. The first-order chi connectivity index (χ1) is 7.72. The number of aromatic nitrogens is 3. The van der Waals surface area contributed by atoms with Gasteiger partial charge in [-0.25, -0.2) is 4.98 Å². The summed E-state index contributed by atoms with van der Waals surface area (Å²) in [5, 5.41) is 4.34. The van der Waals surface area contributed by atoms with Gasteiger partial charge in [0, 0.05) is 12.4 Å². The van der Waals surface area contributed by atoms with E-state index in [2.05, 4.69) is 20.3 Å². The molecule has 2 heterocycles. The van der Waals surface area contributed by atoms with E-state index in [4.69, 9.17) is 0 Å². The van der Waals surface area contributed by atoms with Crippen LogP contribution in [0, 0.1) is 13.8 Å². The molecule has 84 valence electrons. The molecule has 2 rings (SSSR count). The van der Waals surface area contributed by atoms with Crippen LogP contribution in [-0.2, 0) is 0 Å². The highest BCUT2D eigenvalue weighted by Gasteiger charge is 2.18. The van der Waals surface area contributed by atoms with Gasteiger partial charge in [0.05, 0.1) is 33.5 Å². The zero-order chi connectivity index (χ0) is 11.5. The van der Waals surface area contributed by atoms with Gasteiger partial charge >= 0.3 is 0 Å². The molecule has 1 atom stereocenters. The highest BCUT2D eigenvalue weighted by molar-refractivity contribution is 7.11. The molecule has 0 spiro atoms. The van der Waals surface area contributed by atoms with E-state index >= 15 is 0 Å². The highest BCUT2D eigenvalue weighted by Crippen LogP contribution is 2.28. The topological polar surface area (TPSA) is 50.7 Å². The van der Waals surface area contributed by atoms with Gasteiger partial charge in [0.2, 0.25) is 0 Å². The zero-order valence-electron chi connectivity index (χ0n) is 9.56. The Morgan fingerprint density at radius 3 is 2.62 bits per heavy atom. The van der Waals surface area contributed by atoms with E-state index in [1.165, 1.54) is 4.88 Å². The van der Waals surface area contributed by atoms with Gasteiger partial charge in [0.1, 0.15) is 0 Å². The summed E-state index contributed by atoms with van der Waals surface area (Å²) < 4.78 is 0. The minimum atomic E-state index is 0.0832. The second-order valence-electron chi connectivity index (χ2n) is 3.53. The van der Waals surface area contributed by atoms with Crippen LogP contribution in [-0.4, -0.2) is 22.0 Å². The summed E-state index contributed by atoms with van der Waals surface area (Å²) in [6.07, 6.45) is 5.18. The van der Waals surface area contributed by atoms with Crippen molar-refractivity contribution in [3.05, 3.63) is 39.9 Å². The Balaban J connectivity index is 2.40. The zero-order valence-corrected chi connectivity index (χ0v) is 10.4. The van der Waals surface area contributed by atoms with Crippen molar-refractivity contribution in [2.24, 2.45) is 0 Å². The van der Waals surface area contributed by atoms with Crippen molar-refractivity contribution < 1.29 is 0 Å². The van der Waals surface area contributed by atoms with Crippen molar-refractivity contribution in [1.82, 2.24) is 20.3 Å². The molecular weight excluding hydrogens is 220 g/mol. The predicted molar refractivity (Wildman–Crippen MR) is 64.5 cm³/mol. The van der Waals surface area contributed by atoms with Crippen LogP contribution in [0.2, 0.25) is 0 Å². The summed E-state index contributed by atoms with van der Waals surface area (Å²) in [4.78, 5) is 14.1. The van der Waals surface area contributed by atoms with Crippen molar-refractivity contribution in [1.29, 1.82) is 0 Å². The van der Waals surface area contributed by atoms with E-state index in [0.717, 1.165) is 16.4 Å². The molecule has 0 fully saturated rings. The summed E-state index contributed by atoms with van der Waals surface area (Å²) >= 11 is 1.70. The number of nitrogens with zero attached hydrogens (tertiary/aromatic N) is 3. The molecule has 0 aliphatic carbocycles. The van der Waals surface area contributed by atoms with Crippen molar-refractivity contribution in [3.8, 4) is 0 Å². The van der Waals surface area contributed by atoms with Crippen LogP contribution in [0.1, 0.15) is 27.3 Å². The van der Waals surface area contributed by atoms with Crippen LogP contribution in [0.25, 0.3) is 0 Å². The third-order valence-corrected chi connectivity index (χ3v) is 3.51. The molecule has 4 nitrogen and oxygen atoms in total. The van der Waals surface area contributed by atoms with Crippen molar-refractivity contribution in [2.75, 3.05) is 7.05 Å². The smallest absolute Gasteiger partial charge is 0.0900 e. The minimum Gasteiger partial charge on any atom is -0.307 e. The monoisotopic (exact) mass is 234 g/mol. The fraction of sp³-hybridized carbons (Fsp3) is 0.364. The van der Waals surface area contributed by atoms with Gasteiger partial charge in [-0.15, -0.1) is 11.3 Å². The van der Waals surface area contributed by atoms with Gasteiger partial charge in [-0.05, 0) is 20.9 Å². The van der Waals surface area contributed by atoms with Gasteiger partial charge in [-0.1, -0.05) is 0 Å². The molecule has 0 aromatic carbocycles. The second kappa shape index (κ2) is 4.67. The maximum Gasteiger partial charge on any atom is 0.0900 e. The van der Waals surface area contributed by atoms with E-state index in [0.29, 0.717) is 0 Å². The Bertz CT molecular complexity index is 466. The molecule has 0 aliphatic rings. The van der Waals surface area contributed by atoms with E-state index in [-0.39, 0.29) is 6.04 Å². The first-order valence-electron chi connectivity index (χ1n) is 5.09. The number of hydrogen-bond donors (Lipinski definition) is 1. The molecule has 0 amide bonds. The predicted octanol–water partition coefficient (Wildman–Crippen LogP) is 1.86. The van der Waals surface area contributed by atoms with Crippen LogP contribution in [0.3, 0.4) is 0 Å². The van der Waals surface area contributed by atoms with Crippen LogP contribution in [0.5, 0.6) is 0 Å². The molecule has 16 heavy (non-hydrogen) atoms. The Hall–Kier alpha value is -1.33. The summed E-state index contributed by atoms with van der Waals surface area (Å²) in [6.45, 7) is 4.05. The number of rotatable bonds is 3. The van der Waals surface area contributed by atoms with Gasteiger partial charge in [-0.3, -0.25) is 9.97 Å². The van der Waals surface area contributed by atoms with Gasteiger partial charge < -0.3 is 5.32 Å². The maximum absolute atomic E-state index is 4.44. The average Bonchev–Trinajstić information content (AvgIpc) is 2.61. The van der Waals surface area contributed by atoms with Crippen LogP contribution < -0.4 is 5.32 Å². The third-order valence-electron chi connectivity index (χ3n) is 2.37. The molecule has 0 saturated heterocycles. The molecule has 0 saturated carbocycles. The Morgan fingerprint density at radius 1 is 1.31 bits per heavy atom. The van der Waals surface area contributed by atoms with Crippen LogP contribution in [0.4, 0.5) is 0 Å². The molecule has 2 aromatic heterocycles. The van der Waals surface area contributed by atoms with E-state index < -0.39 is 0 Å². The molecule has 1 N–H and O–H groups in total. The lowest BCUT2D eigenvalue weighted by Crippen LogP contribution is -2.18. The van der Waals surface area contributed by atoms with E-state index in [9.17, 15) is 0 Å². The van der Waals surface area contributed by atoms with Gasteiger partial charge in [-0.2, -0.15) is 0 Å². The molecular formula is C11H14N4S. The average molecular weight is 234 g/mol. The molecule has 1 unspecified atom stereocenters. The molecule has 0 radical (unpaired) electrons. The number of thiazole rings is 1. The summed E-state index contributed by atoms with van der Waals surface area (Å²) in [5.41, 5.74) is 1.99. The number of hydrogen-bond acceptors (Lipinski definition) is 5. The number of nitrogens with one attached hydrogen (secondary N) is 1. The lowest BCUT2D eigenvalue weighted by molar-refractivity contribution is 0.672. The first-order valence-corrected chi connectivity index (χ1v) is 5.91. The first kappa shape index (κ1) is 11.2. The minimum absolute atomic E-state index is 0.0832. The normalized spacial score (nSPS) is 12.7. The standard InChI is InChI=1S/C11H14N4S/c1-7-11(16-8(2)15-7)10(12-3)9-6-13-4-5-14-9/h4-6,10,12H,1-3H3. The largest absolute Gasteiger partial charge is 0.307 e. The van der Waals surface area contributed by atoms with Crippen molar-refractivity contribution >= 4 is 11.3 Å². The lowest BCUT2D eigenvalue weighted by Gasteiger charge is -2.13. The van der Waals surface area contributed by atoms with Crippen LogP contribution in [0.15, 0.2) is 18.6 Å². The molecule has 5 heteroatoms. The summed E-state index contributed by atoms with van der Waals surface area (Å²) in [5.74, 6) is 0. The van der Waals surface area contributed by atoms with Gasteiger partial charge in [0.15, 0.2) is 0 Å². The highest BCUT2D eigenvalue weighted by atomic mass is 32.1.